The maximum atomic E-state index is 11.4. The van der Waals surface area contributed by atoms with Gasteiger partial charge in [0.2, 0.25) is 0 Å². The van der Waals surface area contributed by atoms with Gasteiger partial charge in [-0.3, -0.25) is 0 Å². The number of amidine groups is 1. The molecule has 0 aliphatic heterocycles. The number of rotatable bonds is 4. The highest BCUT2D eigenvalue weighted by Crippen LogP contribution is 2.14. The molecule has 2 N–H and O–H groups in total. The van der Waals surface area contributed by atoms with Gasteiger partial charge in [-0.1, -0.05) is 37.8 Å². The molecule has 0 aliphatic carbocycles. The van der Waals surface area contributed by atoms with Crippen molar-refractivity contribution in [2.45, 2.75) is 39.3 Å². The zero-order chi connectivity index (χ0) is 15.6. The van der Waals surface area contributed by atoms with E-state index in [2.05, 4.69) is 44.3 Å². The average Bonchev–Trinajstić information content (AvgIpc) is 2.24. The molecule has 0 spiro atoms. The Kier molecular flexibility index (Phi) is 4.93. The number of benzene rings is 1. The van der Waals surface area contributed by atoms with E-state index >= 15 is 0 Å². The summed E-state index contributed by atoms with van der Waals surface area (Å²) in [5.41, 5.74) is 0.986. The van der Waals surface area contributed by atoms with Gasteiger partial charge in [-0.25, -0.2) is 4.79 Å². The minimum atomic E-state index is -1.71. The van der Waals surface area contributed by atoms with Crippen molar-refractivity contribution >= 4 is 28.3 Å². The first-order valence-electron chi connectivity index (χ1n) is 6.70. The Balaban J connectivity index is 3.39. The van der Waals surface area contributed by atoms with Gasteiger partial charge in [-0.2, -0.15) is 0 Å². The second kappa shape index (κ2) is 5.93. The second-order valence-corrected chi connectivity index (χ2v) is 16.2. The maximum absolute atomic E-state index is 11.4. The summed E-state index contributed by atoms with van der Waals surface area (Å²) in [6.07, 6.45) is 0. The predicted molar refractivity (Wildman–Crippen MR) is 89.8 cm³/mol. The van der Waals surface area contributed by atoms with Crippen molar-refractivity contribution in [1.82, 2.24) is 4.98 Å². The molecule has 0 aliphatic rings. The van der Waals surface area contributed by atoms with E-state index in [1.807, 2.05) is 12.1 Å². The number of nitrogens with one attached hydrogen (secondary N) is 1. The minimum absolute atomic E-state index is 0.301. The number of aromatic carboxylic acids is 1. The molecule has 0 radical (unpaired) electrons. The number of nitrogens with zero attached hydrogens (tertiary/aromatic N) is 1. The van der Waals surface area contributed by atoms with Gasteiger partial charge in [0.1, 0.15) is 14.1 Å². The van der Waals surface area contributed by atoms with Crippen molar-refractivity contribution in [3.05, 3.63) is 35.4 Å². The molecule has 110 valence electrons. The molecule has 1 aromatic rings. The fraction of sp³-hybridized carbons (Fsp3) is 0.429. The van der Waals surface area contributed by atoms with Crippen LogP contribution in [0.5, 0.6) is 0 Å². The summed E-state index contributed by atoms with van der Waals surface area (Å²) in [5, 5.41) is 9.35. The SMILES string of the molecule is C[Si](C)(C)N=C(N[Si](C)(C)C)c1ccccc1C(=O)O. The fourth-order valence-corrected chi connectivity index (χ4v) is 3.58. The smallest absolute Gasteiger partial charge is 0.336 e. The van der Waals surface area contributed by atoms with Gasteiger partial charge < -0.3 is 14.7 Å². The van der Waals surface area contributed by atoms with Crippen LogP contribution in [0, 0.1) is 0 Å². The lowest BCUT2D eigenvalue weighted by Crippen LogP contribution is -2.47. The van der Waals surface area contributed by atoms with Crippen molar-refractivity contribution in [2.24, 2.45) is 4.66 Å². The third-order valence-electron chi connectivity index (χ3n) is 2.35. The van der Waals surface area contributed by atoms with E-state index in [4.69, 9.17) is 4.66 Å². The maximum Gasteiger partial charge on any atom is 0.336 e. The Morgan fingerprint density at radius 1 is 1.05 bits per heavy atom. The van der Waals surface area contributed by atoms with Gasteiger partial charge in [-0.05, 0) is 25.7 Å². The fourth-order valence-electron chi connectivity index (χ4n) is 1.72. The number of carboxylic acid groups (broad SMARTS) is 1. The van der Waals surface area contributed by atoms with Gasteiger partial charge >= 0.3 is 5.97 Å². The van der Waals surface area contributed by atoms with Crippen LogP contribution in [0.2, 0.25) is 39.3 Å². The molecule has 0 saturated carbocycles. The van der Waals surface area contributed by atoms with Crippen molar-refractivity contribution < 1.29 is 9.90 Å². The molecular weight excluding hydrogens is 284 g/mol. The van der Waals surface area contributed by atoms with Crippen LogP contribution >= 0.6 is 0 Å². The quantitative estimate of drug-likeness (QED) is 0.509. The van der Waals surface area contributed by atoms with Crippen LogP contribution in [0.15, 0.2) is 28.9 Å². The third-order valence-corrected chi connectivity index (χ3v) is 4.23. The molecule has 0 unspecified atom stereocenters. The molecule has 1 rings (SSSR count). The van der Waals surface area contributed by atoms with Crippen molar-refractivity contribution in [1.29, 1.82) is 0 Å². The average molecular weight is 309 g/mol. The highest BCUT2D eigenvalue weighted by atomic mass is 28.3. The van der Waals surface area contributed by atoms with Gasteiger partial charge in [-0.15, -0.1) is 0 Å². The molecule has 0 fully saturated rings. The normalized spacial score (nSPS) is 13.2. The summed E-state index contributed by atoms with van der Waals surface area (Å²) in [4.78, 5) is 14.9. The molecule has 0 saturated heterocycles. The highest BCUT2D eigenvalue weighted by molar-refractivity contribution is 6.78. The molecule has 6 heteroatoms. The number of hydrogen-bond acceptors (Lipinski definition) is 2. The van der Waals surface area contributed by atoms with Gasteiger partial charge in [0.25, 0.3) is 0 Å². The molecule has 0 amide bonds. The van der Waals surface area contributed by atoms with Crippen molar-refractivity contribution in [2.75, 3.05) is 0 Å². The lowest BCUT2D eigenvalue weighted by molar-refractivity contribution is 0.0696. The predicted octanol–water partition coefficient (Wildman–Crippen LogP) is 3.39. The van der Waals surface area contributed by atoms with Crippen LogP contribution in [0.25, 0.3) is 0 Å². The van der Waals surface area contributed by atoms with E-state index in [1.54, 1.807) is 12.1 Å². The van der Waals surface area contributed by atoms with Crippen molar-refractivity contribution in [3.8, 4) is 0 Å². The van der Waals surface area contributed by atoms with E-state index in [0.717, 1.165) is 5.84 Å². The van der Waals surface area contributed by atoms with Crippen LogP contribution < -0.4 is 4.98 Å². The van der Waals surface area contributed by atoms with E-state index in [1.165, 1.54) is 0 Å². The monoisotopic (exact) mass is 308 g/mol. The van der Waals surface area contributed by atoms with Crippen LogP contribution in [0.1, 0.15) is 15.9 Å². The van der Waals surface area contributed by atoms with Crippen LogP contribution in [-0.4, -0.2) is 33.4 Å². The molecule has 0 aromatic heterocycles. The van der Waals surface area contributed by atoms with Gasteiger partial charge in [0.05, 0.1) is 5.56 Å². The number of carboxylic acids is 1. The molecule has 0 atom stereocenters. The summed E-state index contributed by atoms with van der Waals surface area (Å²) in [6.45, 7) is 13.0. The lowest BCUT2D eigenvalue weighted by Gasteiger charge is -2.25. The Labute approximate surface area is 123 Å². The van der Waals surface area contributed by atoms with Gasteiger partial charge in [0, 0.05) is 5.56 Å². The number of hydrogen-bond donors (Lipinski definition) is 2. The van der Waals surface area contributed by atoms with E-state index in [0.29, 0.717) is 11.1 Å². The first-order chi connectivity index (χ1) is 8.99. The second-order valence-electron chi connectivity index (χ2n) is 6.86. The summed E-state index contributed by atoms with van der Waals surface area (Å²) in [6, 6.07) is 7.06. The molecule has 1 aromatic carbocycles. The minimum Gasteiger partial charge on any atom is -0.478 e. The van der Waals surface area contributed by atoms with Crippen molar-refractivity contribution in [3.63, 3.8) is 0 Å². The van der Waals surface area contributed by atoms with E-state index in [-0.39, 0.29) is 0 Å². The molecular formula is C14H24N2O2Si2. The largest absolute Gasteiger partial charge is 0.478 e. The molecule has 20 heavy (non-hydrogen) atoms. The zero-order valence-electron chi connectivity index (χ0n) is 13.1. The Hall–Kier alpha value is -1.41. The summed E-state index contributed by atoms with van der Waals surface area (Å²) in [7, 11) is -3.32. The summed E-state index contributed by atoms with van der Waals surface area (Å²) in [5.74, 6) is -0.178. The molecule has 0 heterocycles. The Morgan fingerprint density at radius 3 is 1.95 bits per heavy atom. The lowest BCUT2D eigenvalue weighted by atomic mass is 10.1. The Morgan fingerprint density at radius 2 is 1.55 bits per heavy atom. The van der Waals surface area contributed by atoms with Crippen LogP contribution in [0.4, 0.5) is 0 Å². The highest BCUT2D eigenvalue weighted by Gasteiger charge is 2.23. The first-order valence-corrected chi connectivity index (χ1v) is 13.6. The summed E-state index contributed by atoms with van der Waals surface area (Å²) >= 11 is 0. The van der Waals surface area contributed by atoms with E-state index in [9.17, 15) is 9.90 Å². The van der Waals surface area contributed by atoms with Crippen LogP contribution in [-0.2, 0) is 0 Å². The molecule has 4 nitrogen and oxygen atoms in total. The Bertz CT molecular complexity index is 529. The zero-order valence-corrected chi connectivity index (χ0v) is 15.1. The molecule has 0 bridgehead atoms. The first kappa shape index (κ1) is 16.6. The van der Waals surface area contributed by atoms with E-state index < -0.39 is 22.4 Å². The number of carbonyl (C=O) groups is 1. The van der Waals surface area contributed by atoms with Crippen LogP contribution in [0.3, 0.4) is 0 Å². The standard InChI is InChI=1S/C14H24N2O2Si2/c1-19(2,3)15-13(16-20(4,5)6)11-9-7-8-10-12(11)14(17)18/h7-10H,1-6H3,(H,15,16)(H,17,18). The topological polar surface area (TPSA) is 61.7 Å². The summed E-state index contributed by atoms with van der Waals surface area (Å²) < 4.78 is 4.82. The van der Waals surface area contributed by atoms with Gasteiger partial charge in [0.15, 0.2) is 8.24 Å². The third kappa shape index (κ3) is 5.30.